The molecule has 0 saturated carbocycles. The minimum Gasteiger partial charge on any atom is -0.481 e. The van der Waals surface area contributed by atoms with Gasteiger partial charge < -0.3 is 15.0 Å². The Kier molecular flexibility index (Phi) is 4.64. The summed E-state index contributed by atoms with van der Waals surface area (Å²) >= 11 is 1.59. The molecule has 1 aliphatic rings. The number of carbonyl (C=O) groups excluding carboxylic acids is 1. The van der Waals surface area contributed by atoms with Crippen molar-refractivity contribution in [2.24, 2.45) is 0 Å². The van der Waals surface area contributed by atoms with Gasteiger partial charge in [-0.05, 0) is 27.2 Å². The van der Waals surface area contributed by atoms with E-state index in [1.165, 1.54) is 0 Å². The van der Waals surface area contributed by atoms with E-state index in [4.69, 9.17) is 4.74 Å². The highest BCUT2D eigenvalue weighted by atomic mass is 32.1. The van der Waals surface area contributed by atoms with Crippen LogP contribution >= 0.6 is 11.3 Å². The van der Waals surface area contributed by atoms with Gasteiger partial charge in [0.2, 0.25) is 11.8 Å². The van der Waals surface area contributed by atoms with Crippen LogP contribution in [0.4, 0.5) is 5.82 Å². The molecule has 1 amide bonds. The van der Waals surface area contributed by atoms with Crippen LogP contribution in [0.5, 0.6) is 5.88 Å². The van der Waals surface area contributed by atoms with Crippen LogP contribution in [0.3, 0.4) is 0 Å². The number of aromatic nitrogens is 3. The van der Waals surface area contributed by atoms with E-state index < -0.39 is 5.54 Å². The lowest BCUT2D eigenvalue weighted by atomic mass is 9.99. The van der Waals surface area contributed by atoms with Crippen molar-refractivity contribution in [3.05, 3.63) is 27.5 Å². The molecule has 25 heavy (non-hydrogen) atoms. The maximum Gasteiger partial charge on any atom is 0.221 e. The van der Waals surface area contributed by atoms with E-state index in [1.807, 2.05) is 26.2 Å². The molecule has 0 spiro atoms. The van der Waals surface area contributed by atoms with Crippen LogP contribution in [0, 0.1) is 20.8 Å². The lowest BCUT2D eigenvalue weighted by Crippen LogP contribution is -2.47. The third-order valence-electron chi connectivity index (χ3n) is 4.39. The van der Waals surface area contributed by atoms with Crippen LogP contribution in [0.1, 0.15) is 35.4 Å². The first-order chi connectivity index (χ1) is 11.8. The number of hydrogen-bond acceptors (Lipinski definition) is 7. The maximum absolute atomic E-state index is 11.9. The van der Waals surface area contributed by atoms with E-state index in [9.17, 15) is 4.79 Å². The summed E-state index contributed by atoms with van der Waals surface area (Å²) in [4.78, 5) is 27.6. The summed E-state index contributed by atoms with van der Waals surface area (Å²) in [6, 6.07) is 0. The van der Waals surface area contributed by atoms with Gasteiger partial charge in [-0.1, -0.05) is 0 Å². The van der Waals surface area contributed by atoms with Gasteiger partial charge in [0.05, 0.1) is 12.7 Å². The highest BCUT2D eigenvalue weighted by Gasteiger charge is 2.43. The number of amides is 1. The number of ether oxygens (including phenoxy) is 1. The maximum atomic E-state index is 11.9. The fraction of sp³-hybridized carbons (Fsp3) is 0.529. The first-order valence-corrected chi connectivity index (χ1v) is 9.08. The van der Waals surface area contributed by atoms with Crippen molar-refractivity contribution in [1.29, 1.82) is 0 Å². The Morgan fingerprint density at radius 2 is 2.08 bits per heavy atom. The second-order valence-electron chi connectivity index (χ2n) is 6.46. The Labute approximate surface area is 151 Å². The van der Waals surface area contributed by atoms with Gasteiger partial charge in [0, 0.05) is 31.1 Å². The van der Waals surface area contributed by atoms with Crippen molar-refractivity contribution in [3.63, 3.8) is 0 Å². The third kappa shape index (κ3) is 3.30. The van der Waals surface area contributed by atoms with Gasteiger partial charge in [-0.2, -0.15) is 4.98 Å². The summed E-state index contributed by atoms with van der Waals surface area (Å²) in [7, 11) is 1.61. The summed E-state index contributed by atoms with van der Waals surface area (Å²) in [5.74, 6) is 2.05. The second kappa shape index (κ2) is 6.59. The molecule has 1 atom stereocenters. The Hall–Kier alpha value is -2.22. The van der Waals surface area contributed by atoms with Crippen molar-refractivity contribution in [2.75, 3.05) is 25.1 Å². The predicted octanol–water partition coefficient (Wildman–Crippen LogP) is 2.11. The topological polar surface area (TPSA) is 80.2 Å². The lowest BCUT2D eigenvalue weighted by molar-refractivity contribution is -0.120. The second-order valence-corrected chi connectivity index (χ2v) is 7.32. The van der Waals surface area contributed by atoms with E-state index in [0.717, 1.165) is 35.0 Å². The fourth-order valence-electron chi connectivity index (χ4n) is 3.33. The van der Waals surface area contributed by atoms with Crippen LogP contribution in [-0.4, -0.2) is 41.1 Å². The minimum atomic E-state index is -0.483. The van der Waals surface area contributed by atoms with E-state index in [0.29, 0.717) is 18.2 Å². The van der Waals surface area contributed by atoms with Crippen LogP contribution in [-0.2, 0) is 10.3 Å². The molecule has 2 aromatic heterocycles. The molecule has 2 aromatic rings. The fourth-order valence-corrected chi connectivity index (χ4v) is 4.30. The van der Waals surface area contributed by atoms with E-state index >= 15 is 0 Å². The summed E-state index contributed by atoms with van der Waals surface area (Å²) in [5.41, 5.74) is 1.39. The third-order valence-corrected chi connectivity index (χ3v) is 5.56. The molecule has 0 aliphatic carbocycles. The van der Waals surface area contributed by atoms with Crippen LogP contribution in [0.25, 0.3) is 0 Å². The molecule has 1 aliphatic heterocycles. The van der Waals surface area contributed by atoms with Gasteiger partial charge in [0.15, 0.2) is 0 Å². The molecule has 1 saturated heterocycles. The van der Waals surface area contributed by atoms with Crippen molar-refractivity contribution in [3.8, 4) is 5.88 Å². The van der Waals surface area contributed by atoms with Crippen LogP contribution in [0.15, 0.2) is 5.38 Å². The van der Waals surface area contributed by atoms with E-state index in [2.05, 4.69) is 25.2 Å². The molecule has 3 rings (SSSR count). The zero-order chi connectivity index (χ0) is 18.2. The number of rotatable bonds is 4. The van der Waals surface area contributed by atoms with Gasteiger partial charge in [0.1, 0.15) is 22.2 Å². The van der Waals surface area contributed by atoms with Gasteiger partial charge in [-0.25, -0.2) is 9.97 Å². The molecule has 0 radical (unpaired) electrons. The largest absolute Gasteiger partial charge is 0.481 e. The number of nitrogens with zero attached hydrogens (tertiary/aromatic N) is 4. The van der Waals surface area contributed by atoms with Gasteiger partial charge in [0.25, 0.3) is 0 Å². The zero-order valence-electron chi connectivity index (χ0n) is 15.2. The number of nitrogens with one attached hydrogen (secondary N) is 1. The minimum absolute atomic E-state index is 0.0529. The van der Waals surface area contributed by atoms with Crippen molar-refractivity contribution >= 4 is 23.1 Å². The average Bonchev–Trinajstić information content (AvgIpc) is 3.16. The number of methoxy groups -OCH3 is 1. The summed E-state index contributed by atoms with van der Waals surface area (Å²) in [6.07, 6.45) is 0.782. The Morgan fingerprint density at radius 3 is 2.68 bits per heavy atom. The Balaban J connectivity index is 1.98. The molecule has 8 heteroatoms. The number of hydrogen-bond donors (Lipinski definition) is 1. The first-order valence-electron chi connectivity index (χ1n) is 8.20. The van der Waals surface area contributed by atoms with Crippen molar-refractivity contribution in [1.82, 2.24) is 20.3 Å². The summed E-state index contributed by atoms with van der Waals surface area (Å²) in [5, 5.41) is 6.10. The molecule has 7 nitrogen and oxygen atoms in total. The van der Waals surface area contributed by atoms with Gasteiger partial charge >= 0.3 is 0 Å². The average molecular weight is 361 g/mol. The smallest absolute Gasteiger partial charge is 0.221 e. The van der Waals surface area contributed by atoms with E-state index in [1.54, 1.807) is 25.4 Å². The highest BCUT2D eigenvalue weighted by Crippen LogP contribution is 2.37. The molecular weight excluding hydrogens is 338 g/mol. The molecule has 1 fully saturated rings. The number of carbonyl (C=O) groups is 1. The van der Waals surface area contributed by atoms with Crippen molar-refractivity contribution in [2.45, 2.75) is 39.7 Å². The number of thiazole rings is 1. The Morgan fingerprint density at radius 1 is 1.32 bits per heavy atom. The quantitative estimate of drug-likeness (QED) is 0.898. The van der Waals surface area contributed by atoms with Crippen LogP contribution < -0.4 is 15.0 Å². The number of anilines is 1. The predicted molar refractivity (Wildman–Crippen MR) is 97.2 cm³/mol. The van der Waals surface area contributed by atoms with Crippen LogP contribution in [0.2, 0.25) is 0 Å². The molecule has 1 unspecified atom stereocenters. The summed E-state index contributed by atoms with van der Waals surface area (Å²) < 4.78 is 5.37. The molecule has 134 valence electrons. The Bertz CT molecular complexity index is 806. The molecule has 1 N–H and O–H groups in total. The SMILES string of the molecule is COc1nc(C)nc(N2CCC(NC(C)=O)(c3nc(C)cs3)C2)c1C. The standard InChI is InChI=1S/C17H23N5O2S/c1-10-8-25-16(18-10)17(21-13(4)23)6-7-22(9-17)14-11(2)15(24-5)20-12(3)19-14/h8H,6-7,9H2,1-5H3,(H,21,23). The first kappa shape index (κ1) is 17.6. The summed E-state index contributed by atoms with van der Waals surface area (Å²) in [6.45, 7) is 8.73. The highest BCUT2D eigenvalue weighted by molar-refractivity contribution is 7.09. The lowest BCUT2D eigenvalue weighted by Gasteiger charge is -2.29. The molecule has 3 heterocycles. The zero-order valence-corrected chi connectivity index (χ0v) is 16.0. The monoisotopic (exact) mass is 361 g/mol. The van der Waals surface area contributed by atoms with E-state index in [-0.39, 0.29) is 5.91 Å². The number of aryl methyl sites for hydroxylation is 2. The molecule has 0 bridgehead atoms. The molecule has 0 aromatic carbocycles. The molecular formula is C17H23N5O2S. The van der Waals surface area contributed by atoms with Gasteiger partial charge in [-0.3, -0.25) is 4.79 Å². The van der Waals surface area contributed by atoms with Crippen molar-refractivity contribution < 1.29 is 9.53 Å². The van der Waals surface area contributed by atoms with Gasteiger partial charge in [-0.15, -0.1) is 11.3 Å². The normalized spacial score (nSPS) is 20.0.